The van der Waals surface area contributed by atoms with Crippen molar-refractivity contribution in [2.24, 2.45) is 0 Å². The van der Waals surface area contributed by atoms with Gasteiger partial charge in [-0.05, 0) is 55.6 Å². The van der Waals surface area contributed by atoms with Crippen LogP contribution in [-0.2, 0) is 19.0 Å². The Bertz CT molecular complexity index is 906. The number of anilines is 1. The van der Waals surface area contributed by atoms with Crippen LogP contribution in [0.4, 0.5) is 18.9 Å². The van der Waals surface area contributed by atoms with Crippen LogP contribution < -0.4 is 10.2 Å². The van der Waals surface area contributed by atoms with Crippen LogP contribution in [-0.4, -0.2) is 55.1 Å². The van der Waals surface area contributed by atoms with Gasteiger partial charge in [0.05, 0.1) is 5.56 Å². The molecule has 160 valence electrons. The highest BCUT2D eigenvalue weighted by Gasteiger charge is 2.32. The number of halogens is 3. The fraction of sp³-hybridized carbons (Fsp3) is 0.455. The minimum atomic E-state index is -4.51. The second-order valence-corrected chi connectivity index (χ2v) is 8.05. The number of amides is 1. The molecule has 1 aromatic carbocycles. The third kappa shape index (κ3) is 4.43. The Labute approximate surface area is 173 Å². The summed E-state index contributed by atoms with van der Waals surface area (Å²) in [7, 11) is 2.12. The molecule has 2 aliphatic rings. The first-order chi connectivity index (χ1) is 14.3. The largest absolute Gasteiger partial charge is 0.433 e. The molecule has 5 nitrogen and oxygen atoms in total. The van der Waals surface area contributed by atoms with Gasteiger partial charge >= 0.3 is 6.18 Å². The van der Waals surface area contributed by atoms with Gasteiger partial charge < -0.3 is 15.1 Å². The summed E-state index contributed by atoms with van der Waals surface area (Å²) in [4.78, 5) is 20.7. The number of nitrogens with one attached hydrogen (secondary N) is 1. The molecule has 2 heterocycles. The normalized spacial score (nSPS) is 20.0. The zero-order valence-corrected chi connectivity index (χ0v) is 16.9. The number of carbonyl (C=O) groups is 1. The van der Waals surface area contributed by atoms with E-state index in [2.05, 4.69) is 45.3 Å². The number of aromatic nitrogens is 1. The lowest BCUT2D eigenvalue weighted by atomic mass is 9.86. The van der Waals surface area contributed by atoms with Crippen LogP contribution in [0.1, 0.15) is 33.6 Å². The Morgan fingerprint density at radius 3 is 2.57 bits per heavy atom. The molecule has 8 heteroatoms. The van der Waals surface area contributed by atoms with Gasteiger partial charge in [-0.1, -0.05) is 12.1 Å². The Morgan fingerprint density at radius 2 is 1.90 bits per heavy atom. The topological polar surface area (TPSA) is 48.5 Å². The SMILES string of the molecule is CN1CCN(c2cccc3c2CC(NC(=O)c2ccc(C(F)(F)F)nc2)CC3)CC1. The quantitative estimate of drug-likeness (QED) is 0.832. The molecule has 1 atom stereocenters. The van der Waals surface area contributed by atoms with Gasteiger partial charge in [0.2, 0.25) is 0 Å². The van der Waals surface area contributed by atoms with Crippen molar-refractivity contribution in [3.05, 3.63) is 58.9 Å². The predicted octanol–water partition coefficient (Wildman–Crippen LogP) is 3.14. The molecule has 1 unspecified atom stereocenters. The van der Waals surface area contributed by atoms with Gasteiger partial charge in [0.1, 0.15) is 5.69 Å². The summed E-state index contributed by atoms with van der Waals surface area (Å²) in [6.07, 6.45) is -1.13. The summed E-state index contributed by atoms with van der Waals surface area (Å²) in [6, 6.07) is 8.36. The molecule has 1 fully saturated rings. The monoisotopic (exact) mass is 418 g/mol. The Kier molecular flexibility index (Phi) is 5.69. The summed E-state index contributed by atoms with van der Waals surface area (Å²) < 4.78 is 38.0. The van der Waals surface area contributed by atoms with Gasteiger partial charge in [-0.2, -0.15) is 13.2 Å². The van der Waals surface area contributed by atoms with Crippen molar-refractivity contribution in [1.82, 2.24) is 15.2 Å². The molecule has 1 N–H and O–H groups in total. The van der Waals surface area contributed by atoms with E-state index in [0.29, 0.717) is 0 Å². The molecule has 1 saturated heterocycles. The minimum absolute atomic E-state index is 0.0547. The maximum Gasteiger partial charge on any atom is 0.433 e. The van der Waals surface area contributed by atoms with E-state index >= 15 is 0 Å². The maximum absolute atomic E-state index is 12.7. The smallest absolute Gasteiger partial charge is 0.369 e. The maximum atomic E-state index is 12.7. The Morgan fingerprint density at radius 1 is 1.13 bits per heavy atom. The van der Waals surface area contributed by atoms with Crippen LogP contribution in [0.5, 0.6) is 0 Å². The zero-order chi connectivity index (χ0) is 21.3. The van der Waals surface area contributed by atoms with Crippen molar-refractivity contribution in [1.29, 1.82) is 0 Å². The first kappa shape index (κ1) is 20.7. The molecule has 30 heavy (non-hydrogen) atoms. The number of benzene rings is 1. The van der Waals surface area contributed by atoms with Crippen LogP contribution in [0.25, 0.3) is 0 Å². The number of alkyl halides is 3. The Hall–Kier alpha value is -2.61. The number of hydrogen-bond acceptors (Lipinski definition) is 4. The lowest BCUT2D eigenvalue weighted by molar-refractivity contribution is -0.141. The van der Waals surface area contributed by atoms with Crippen LogP contribution in [0.15, 0.2) is 36.5 Å². The number of aryl methyl sites for hydroxylation is 1. The predicted molar refractivity (Wildman–Crippen MR) is 109 cm³/mol. The average molecular weight is 418 g/mol. The summed E-state index contributed by atoms with van der Waals surface area (Å²) in [5, 5.41) is 2.98. The fourth-order valence-corrected chi connectivity index (χ4v) is 4.20. The zero-order valence-electron chi connectivity index (χ0n) is 16.9. The summed E-state index contributed by atoms with van der Waals surface area (Å²) >= 11 is 0. The van der Waals surface area contributed by atoms with Gasteiger partial charge in [0.25, 0.3) is 5.91 Å². The van der Waals surface area contributed by atoms with E-state index in [4.69, 9.17) is 0 Å². The summed E-state index contributed by atoms with van der Waals surface area (Å²) in [6.45, 7) is 3.98. The van der Waals surface area contributed by atoms with Gasteiger partial charge in [-0.25, -0.2) is 0 Å². The molecule has 1 aromatic heterocycles. The van der Waals surface area contributed by atoms with E-state index in [1.807, 2.05) is 0 Å². The number of hydrogen-bond donors (Lipinski definition) is 1. The van der Waals surface area contributed by atoms with Crippen molar-refractivity contribution in [3.63, 3.8) is 0 Å². The van der Waals surface area contributed by atoms with E-state index in [1.165, 1.54) is 22.9 Å². The molecule has 1 amide bonds. The number of fused-ring (bicyclic) bond motifs is 1. The van der Waals surface area contributed by atoms with Crippen molar-refractivity contribution < 1.29 is 18.0 Å². The van der Waals surface area contributed by atoms with Crippen LogP contribution >= 0.6 is 0 Å². The summed E-state index contributed by atoms with van der Waals surface area (Å²) in [5.41, 5.74) is 2.96. The fourth-order valence-electron chi connectivity index (χ4n) is 4.20. The highest BCUT2D eigenvalue weighted by molar-refractivity contribution is 5.94. The Balaban J connectivity index is 1.46. The number of nitrogens with zero attached hydrogens (tertiary/aromatic N) is 3. The molecule has 0 saturated carbocycles. The number of rotatable bonds is 3. The minimum Gasteiger partial charge on any atom is -0.369 e. The molecule has 4 rings (SSSR count). The first-order valence-corrected chi connectivity index (χ1v) is 10.2. The van der Waals surface area contributed by atoms with Gasteiger partial charge in [-0.15, -0.1) is 0 Å². The standard InChI is InChI=1S/C22H25F3N4O/c1-28-9-11-29(12-10-28)19-4-2-3-15-5-7-17(13-18(15)19)27-21(30)16-6-8-20(26-14-16)22(23,24)25/h2-4,6,8,14,17H,5,7,9-13H2,1H3,(H,27,30). The molecular weight excluding hydrogens is 393 g/mol. The first-order valence-electron chi connectivity index (χ1n) is 10.2. The van der Waals surface area contributed by atoms with E-state index in [1.54, 1.807) is 0 Å². The number of pyridine rings is 1. The van der Waals surface area contributed by atoms with E-state index < -0.39 is 11.9 Å². The van der Waals surface area contributed by atoms with Crippen molar-refractivity contribution in [2.45, 2.75) is 31.5 Å². The molecule has 0 bridgehead atoms. The molecule has 1 aliphatic carbocycles. The van der Waals surface area contributed by atoms with Gasteiger partial charge in [0, 0.05) is 44.1 Å². The van der Waals surface area contributed by atoms with E-state index in [0.717, 1.165) is 57.7 Å². The van der Waals surface area contributed by atoms with E-state index in [-0.39, 0.29) is 17.5 Å². The lowest BCUT2D eigenvalue weighted by Crippen LogP contribution is -2.45. The number of carbonyl (C=O) groups excluding carboxylic acids is 1. The molecule has 0 radical (unpaired) electrons. The van der Waals surface area contributed by atoms with E-state index in [9.17, 15) is 18.0 Å². The van der Waals surface area contributed by atoms with Crippen LogP contribution in [0.2, 0.25) is 0 Å². The highest BCUT2D eigenvalue weighted by Crippen LogP contribution is 2.31. The van der Waals surface area contributed by atoms with Crippen molar-refractivity contribution in [2.75, 3.05) is 38.1 Å². The molecule has 2 aromatic rings. The second-order valence-electron chi connectivity index (χ2n) is 8.05. The van der Waals surface area contributed by atoms with Crippen molar-refractivity contribution in [3.8, 4) is 0 Å². The number of likely N-dealkylation sites (N-methyl/N-ethyl adjacent to an activating group) is 1. The van der Waals surface area contributed by atoms with Gasteiger partial charge in [0.15, 0.2) is 0 Å². The van der Waals surface area contributed by atoms with Crippen molar-refractivity contribution >= 4 is 11.6 Å². The third-order valence-corrected chi connectivity index (χ3v) is 5.96. The molecule has 1 aliphatic heterocycles. The molecule has 0 spiro atoms. The third-order valence-electron chi connectivity index (χ3n) is 5.96. The van der Waals surface area contributed by atoms with Gasteiger partial charge in [-0.3, -0.25) is 9.78 Å². The second kappa shape index (κ2) is 8.26. The molecular formula is C22H25F3N4O. The highest BCUT2D eigenvalue weighted by atomic mass is 19.4. The van der Waals surface area contributed by atoms with Crippen LogP contribution in [0.3, 0.4) is 0 Å². The lowest BCUT2D eigenvalue weighted by Gasteiger charge is -2.37. The summed E-state index contributed by atoms with van der Waals surface area (Å²) in [5.74, 6) is -0.387. The average Bonchev–Trinajstić information content (AvgIpc) is 2.73. The van der Waals surface area contributed by atoms with Crippen LogP contribution in [0, 0.1) is 0 Å². The number of piperazine rings is 1.